The number of benzene rings is 1. The molecule has 1 heteroatoms. The van der Waals surface area contributed by atoms with E-state index in [1.54, 1.807) is 0 Å². The standard InChI is InChI=1S/C12H19N/c1-4-10(3)13-12-8-6-11(5-2)7-9-12/h6-10,13H,4-5H2,1-3H3. The fraction of sp³-hybridized carbons (Fsp3) is 0.500. The molecular formula is C12H19N. The van der Waals surface area contributed by atoms with Crippen LogP contribution in [0, 0.1) is 0 Å². The van der Waals surface area contributed by atoms with Crippen LogP contribution in [-0.4, -0.2) is 6.04 Å². The first-order valence-electron chi connectivity index (χ1n) is 5.11. The largest absolute Gasteiger partial charge is 0.383 e. The van der Waals surface area contributed by atoms with Crippen LogP contribution < -0.4 is 5.32 Å². The van der Waals surface area contributed by atoms with Gasteiger partial charge >= 0.3 is 0 Å². The molecule has 0 radical (unpaired) electrons. The van der Waals surface area contributed by atoms with Crippen molar-refractivity contribution in [2.75, 3.05) is 5.32 Å². The number of hydrogen-bond acceptors (Lipinski definition) is 1. The molecule has 1 N–H and O–H groups in total. The molecule has 0 aliphatic carbocycles. The molecule has 1 atom stereocenters. The smallest absolute Gasteiger partial charge is 0.0342 e. The Morgan fingerprint density at radius 3 is 2.23 bits per heavy atom. The number of anilines is 1. The van der Waals surface area contributed by atoms with Gasteiger partial charge in [0.25, 0.3) is 0 Å². The summed E-state index contributed by atoms with van der Waals surface area (Å²) in [5.41, 5.74) is 2.63. The summed E-state index contributed by atoms with van der Waals surface area (Å²) in [7, 11) is 0. The van der Waals surface area contributed by atoms with Gasteiger partial charge in [0.15, 0.2) is 0 Å². The van der Waals surface area contributed by atoms with E-state index in [1.807, 2.05) is 0 Å². The highest BCUT2D eigenvalue weighted by molar-refractivity contribution is 5.45. The lowest BCUT2D eigenvalue weighted by molar-refractivity contribution is 0.764. The van der Waals surface area contributed by atoms with Crippen LogP contribution in [0.1, 0.15) is 32.8 Å². The fourth-order valence-corrected chi connectivity index (χ4v) is 1.22. The second kappa shape index (κ2) is 4.90. The van der Waals surface area contributed by atoms with Crippen molar-refractivity contribution in [2.45, 2.75) is 39.7 Å². The van der Waals surface area contributed by atoms with Crippen LogP contribution in [-0.2, 0) is 6.42 Å². The normalized spacial score (nSPS) is 12.5. The Morgan fingerprint density at radius 1 is 1.15 bits per heavy atom. The minimum atomic E-state index is 0.562. The molecule has 1 rings (SSSR count). The van der Waals surface area contributed by atoms with Crippen LogP contribution in [0.4, 0.5) is 5.69 Å². The lowest BCUT2D eigenvalue weighted by Crippen LogP contribution is -2.13. The van der Waals surface area contributed by atoms with E-state index in [9.17, 15) is 0 Å². The van der Waals surface area contributed by atoms with Crippen molar-refractivity contribution in [3.8, 4) is 0 Å². The van der Waals surface area contributed by atoms with Crippen molar-refractivity contribution in [1.29, 1.82) is 0 Å². The fourth-order valence-electron chi connectivity index (χ4n) is 1.22. The Balaban J connectivity index is 2.58. The third-order valence-corrected chi connectivity index (χ3v) is 2.39. The first-order chi connectivity index (χ1) is 6.26. The van der Waals surface area contributed by atoms with E-state index >= 15 is 0 Å². The number of rotatable bonds is 4. The lowest BCUT2D eigenvalue weighted by atomic mass is 10.1. The average molecular weight is 177 g/mol. The van der Waals surface area contributed by atoms with Crippen LogP contribution in [0.5, 0.6) is 0 Å². The molecule has 1 aromatic rings. The second-order valence-corrected chi connectivity index (χ2v) is 3.50. The van der Waals surface area contributed by atoms with Crippen molar-refractivity contribution < 1.29 is 0 Å². The van der Waals surface area contributed by atoms with Crippen molar-refractivity contribution in [3.63, 3.8) is 0 Å². The molecule has 0 aromatic heterocycles. The molecule has 0 amide bonds. The maximum absolute atomic E-state index is 3.44. The van der Waals surface area contributed by atoms with Crippen molar-refractivity contribution in [3.05, 3.63) is 29.8 Å². The van der Waals surface area contributed by atoms with Crippen LogP contribution in [0.3, 0.4) is 0 Å². The van der Waals surface area contributed by atoms with Gasteiger partial charge in [0.05, 0.1) is 0 Å². The molecule has 0 heterocycles. The summed E-state index contributed by atoms with van der Waals surface area (Å²) in [4.78, 5) is 0. The molecule has 0 fully saturated rings. The van der Waals surface area contributed by atoms with E-state index in [4.69, 9.17) is 0 Å². The zero-order valence-electron chi connectivity index (χ0n) is 8.80. The predicted molar refractivity (Wildman–Crippen MR) is 59.2 cm³/mol. The Morgan fingerprint density at radius 2 is 1.77 bits per heavy atom. The SMILES string of the molecule is CCc1ccc(NC(C)CC)cc1. The van der Waals surface area contributed by atoms with Crippen LogP contribution in [0.2, 0.25) is 0 Å². The van der Waals surface area contributed by atoms with Crippen LogP contribution >= 0.6 is 0 Å². The second-order valence-electron chi connectivity index (χ2n) is 3.50. The molecule has 1 aromatic carbocycles. The van der Waals surface area contributed by atoms with Gasteiger partial charge in [0.2, 0.25) is 0 Å². The highest BCUT2D eigenvalue weighted by Crippen LogP contribution is 2.11. The van der Waals surface area contributed by atoms with Gasteiger partial charge in [-0.2, -0.15) is 0 Å². The molecule has 0 bridgehead atoms. The number of aryl methyl sites for hydroxylation is 1. The molecule has 13 heavy (non-hydrogen) atoms. The maximum atomic E-state index is 3.44. The van der Waals surface area contributed by atoms with Crippen LogP contribution in [0.25, 0.3) is 0 Å². The first-order valence-corrected chi connectivity index (χ1v) is 5.11. The highest BCUT2D eigenvalue weighted by atomic mass is 14.9. The maximum Gasteiger partial charge on any atom is 0.0342 e. The molecular weight excluding hydrogens is 158 g/mol. The van der Waals surface area contributed by atoms with Crippen LogP contribution in [0.15, 0.2) is 24.3 Å². The van der Waals surface area contributed by atoms with Gasteiger partial charge in [-0.1, -0.05) is 26.0 Å². The van der Waals surface area contributed by atoms with Crippen molar-refractivity contribution in [1.82, 2.24) is 0 Å². The number of hydrogen-bond donors (Lipinski definition) is 1. The molecule has 0 aliphatic heterocycles. The Bertz CT molecular complexity index is 238. The van der Waals surface area contributed by atoms with Gasteiger partial charge in [-0.15, -0.1) is 0 Å². The van der Waals surface area contributed by atoms with E-state index in [0.29, 0.717) is 6.04 Å². The molecule has 0 aliphatic rings. The van der Waals surface area contributed by atoms with Gasteiger partial charge in [-0.3, -0.25) is 0 Å². The van der Waals surface area contributed by atoms with E-state index in [2.05, 4.69) is 50.4 Å². The Hall–Kier alpha value is -0.980. The molecule has 0 saturated heterocycles. The summed E-state index contributed by atoms with van der Waals surface area (Å²) in [5, 5.41) is 3.44. The van der Waals surface area contributed by atoms with Gasteiger partial charge in [-0.05, 0) is 37.5 Å². The summed E-state index contributed by atoms with van der Waals surface area (Å²) in [6, 6.07) is 9.25. The zero-order chi connectivity index (χ0) is 9.68. The zero-order valence-corrected chi connectivity index (χ0v) is 8.80. The molecule has 0 spiro atoms. The Labute approximate surface area is 81.2 Å². The summed E-state index contributed by atoms with van der Waals surface area (Å²) in [6.07, 6.45) is 2.28. The quantitative estimate of drug-likeness (QED) is 0.742. The highest BCUT2D eigenvalue weighted by Gasteiger charge is 1.97. The Kier molecular flexibility index (Phi) is 3.81. The molecule has 1 nitrogen and oxygen atoms in total. The van der Waals surface area contributed by atoms with E-state index < -0.39 is 0 Å². The van der Waals surface area contributed by atoms with Crippen molar-refractivity contribution >= 4 is 5.69 Å². The minimum absolute atomic E-state index is 0.562. The molecule has 0 saturated carbocycles. The first kappa shape index (κ1) is 10.1. The summed E-state index contributed by atoms with van der Waals surface area (Å²) < 4.78 is 0. The van der Waals surface area contributed by atoms with E-state index in [0.717, 1.165) is 12.8 Å². The van der Waals surface area contributed by atoms with Gasteiger partial charge < -0.3 is 5.32 Å². The monoisotopic (exact) mass is 177 g/mol. The van der Waals surface area contributed by atoms with Gasteiger partial charge in [-0.25, -0.2) is 0 Å². The third kappa shape index (κ3) is 3.10. The third-order valence-electron chi connectivity index (χ3n) is 2.39. The van der Waals surface area contributed by atoms with E-state index in [-0.39, 0.29) is 0 Å². The topological polar surface area (TPSA) is 12.0 Å². The number of nitrogens with one attached hydrogen (secondary N) is 1. The summed E-state index contributed by atoms with van der Waals surface area (Å²) in [5.74, 6) is 0. The minimum Gasteiger partial charge on any atom is -0.383 e. The summed E-state index contributed by atoms with van der Waals surface area (Å²) >= 11 is 0. The molecule has 1 unspecified atom stereocenters. The summed E-state index contributed by atoms with van der Waals surface area (Å²) in [6.45, 7) is 6.57. The van der Waals surface area contributed by atoms with Gasteiger partial charge in [0, 0.05) is 11.7 Å². The molecule has 72 valence electrons. The predicted octanol–water partition coefficient (Wildman–Crippen LogP) is 3.46. The van der Waals surface area contributed by atoms with Gasteiger partial charge in [0.1, 0.15) is 0 Å². The van der Waals surface area contributed by atoms with E-state index in [1.165, 1.54) is 11.3 Å². The van der Waals surface area contributed by atoms with Crippen molar-refractivity contribution in [2.24, 2.45) is 0 Å². The lowest BCUT2D eigenvalue weighted by Gasteiger charge is -2.12. The average Bonchev–Trinajstić information content (AvgIpc) is 2.19.